The molecule has 4 nitrogen and oxygen atoms in total. The van der Waals surface area contributed by atoms with Crippen LogP contribution in [0, 0.1) is 0 Å². The molecule has 2 aliphatic rings. The smallest absolute Gasteiger partial charge is 0.240 e. The molecule has 0 saturated carbocycles. The second kappa shape index (κ2) is 4.34. The van der Waals surface area contributed by atoms with Crippen molar-refractivity contribution < 1.29 is 9.53 Å². The monoisotopic (exact) mass is 226 g/mol. The van der Waals surface area contributed by atoms with Gasteiger partial charge in [0.15, 0.2) is 0 Å². The summed E-state index contributed by atoms with van der Waals surface area (Å²) in [5.74, 6) is 0.0792. The average molecular weight is 226 g/mol. The highest BCUT2D eigenvalue weighted by Gasteiger charge is 2.42. The third-order valence-electron chi connectivity index (χ3n) is 3.61. The van der Waals surface area contributed by atoms with Gasteiger partial charge >= 0.3 is 0 Å². The van der Waals surface area contributed by atoms with E-state index in [1.54, 1.807) is 0 Å². The summed E-state index contributed by atoms with van der Waals surface area (Å²) in [7, 11) is 0. The SMILES string of the molecule is CCNC(C)(C)C(=O)NC1CC2CCC1O2. The van der Waals surface area contributed by atoms with Gasteiger partial charge in [0.25, 0.3) is 0 Å². The summed E-state index contributed by atoms with van der Waals surface area (Å²) in [5.41, 5.74) is -0.490. The van der Waals surface area contributed by atoms with Crippen LogP contribution in [-0.2, 0) is 9.53 Å². The molecule has 2 bridgehead atoms. The number of nitrogens with one attached hydrogen (secondary N) is 2. The van der Waals surface area contributed by atoms with Crippen LogP contribution in [0.15, 0.2) is 0 Å². The lowest BCUT2D eigenvalue weighted by atomic mass is 9.94. The van der Waals surface area contributed by atoms with E-state index in [4.69, 9.17) is 4.74 Å². The van der Waals surface area contributed by atoms with Gasteiger partial charge in [0.1, 0.15) is 0 Å². The van der Waals surface area contributed by atoms with E-state index < -0.39 is 5.54 Å². The molecule has 3 unspecified atom stereocenters. The molecule has 0 aromatic rings. The van der Waals surface area contributed by atoms with Crippen molar-refractivity contribution >= 4 is 5.91 Å². The minimum atomic E-state index is -0.490. The van der Waals surface area contributed by atoms with Gasteiger partial charge < -0.3 is 15.4 Å². The fraction of sp³-hybridized carbons (Fsp3) is 0.917. The van der Waals surface area contributed by atoms with Gasteiger partial charge in [-0.2, -0.15) is 0 Å². The van der Waals surface area contributed by atoms with Gasteiger partial charge in [0.2, 0.25) is 5.91 Å². The van der Waals surface area contributed by atoms with E-state index in [1.165, 1.54) is 0 Å². The minimum absolute atomic E-state index is 0.0792. The van der Waals surface area contributed by atoms with Crippen LogP contribution >= 0.6 is 0 Å². The maximum absolute atomic E-state index is 12.1. The van der Waals surface area contributed by atoms with E-state index in [-0.39, 0.29) is 18.1 Å². The molecule has 4 heteroatoms. The zero-order valence-electron chi connectivity index (χ0n) is 10.4. The van der Waals surface area contributed by atoms with Gasteiger partial charge in [-0.1, -0.05) is 6.92 Å². The maximum Gasteiger partial charge on any atom is 0.240 e. The normalized spacial score (nSPS) is 33.1. The lowest BCUT2D eigenvalue weighted by Gasteiger charge is -2.28. The standard InChI is InChI=1S/C12H22N2O2/c1-4-13-12(2,3)11(15)14-9-7-8-5-6-10(9)16-8/h8-10,13H,4-7H2,1-3H3,(H,14,15). The Kier molecular flexibility index (Phi) is 3.22. The first-order valence-electron chi connectivity index (χ1n) is 6.24. The molecule has 2 fully saturated rings. The second-order valence-corrected chi connectivity index (χ2v) is 5.34. The molecule has 2 rings (SSSR count). The zero-order valence-corrected chi connectivity index (χ0v) is 10.4. The number of hydrogen-bond donors (Lipinski definition) is 2. The van der Waals surface area contributed by atoms with E-state index in [9.17, 15) is 4.79 Å². The van der Waals surface area contributed by atoms with Crippen molar-refractivity contribution in [3.8, 4) is 0 Å². The van der Waals surface area contributed by atoms with Gasteiger partial charge in [-0.05, 0) is 39.7 Å². The summed E-state index contributed by atoms with van der Waals surface area (Å²) in [6.45, 7) is 6.64. The molecule has 0 radical (unpaired) electrons. The van der Waals surface area contributed by atoms with Crippen LogP contribution in [0.3, 0.4) is 0 Å². The summed E-state index contributed by atoms with van der Waals surface area (Å²) in [6, 6.07) is 0.226. The number of hydrogen-bond acceptors (Lipinski definition) is 3. The molecule has 2 heterocycles. The Morgan fingerprint density at radius 1 is 1.44 bits per heavy atom. The summed E-state index contributed by atoms with van der Waals surface area (Å²) in [4.78, 5) is 12.1. The highest BCUT2D eigenvalue weighted by atomic mass is 16.5. The van der Waals surface area contributed by atoms with Crippen LogP contribution in [0.2, 0.25) is 0 Å². The van der Waals surface area contributed by atoms with E-state index >= 15 is 0 Å². The molecule has 2 aliphatic heterocycles. The first-order chi connectivity index (χ1) is 7.53. The van der Waals surface area contributed by atoms with Crippen molar-refractivity contribution in [2.24, 2.45) is 0 Å². The van der Waals surface area contributed by atoms with Crippen molar-refractivity contribution in [3.05, 3.63) is 0 Å². The van der Waals surface area contributed by atoms with Gasteiger partial charge in [0.05, 0.1) is 23.8 Å². The number of carbonyl (C=O) groups is 1. The van der Waals surface area contributed by atoms with E-state index in [0.29, 0.717) is 6.10 Å². The summed E-state index contributed by atoms with van der Waals surface area (Å²) >= 11 is 0. The number of rotatable bonds is 4. The molecule has 0 aliphatic carbocycles. The lowest BCUT2D eigenvalue weighted by Crippen LogP contribution is -2.56. The Labute approximate surface area is 97.1 Å². The Morgan fingerprint density at radius 2 is 2.19 bits per heavy atom. The number of carbonyl (C=O) groups excluding carboxylic acids is 1. The minimum Gasteiger partial charge on any atom is -0.373 e. The van der Waals surface area contributed by atoms with E-state index in [1.807, 2.05) is 20.8 Å². The Morgan fingerprint density at radius 3 is 2.69 bits per heavy atom. The quantitative estimate of drug-likeness (QED) is 0.746. The molecule has 3 atom stereocenters. The molecule has 2 N–H and O–H groups in total. The van der Waals surface area contributed by atoms with Gasteiger partial charge in [-0.3, -0.25) is 4.79 Å². The average Bonchev–Trinajstić information content (AvgIpc) is 2.78. The van der Waals surface area contributed by atoms with Crippen LogP contribution in [0.5, 0.6) is 0 Å². The summed E-state index contributed by atoms with van der Waals surface area (Å²) in [5, 5.41) is 6.30. The summed E-state index contributed by atoms with van der Waals surface area (Å²) in [6.07, 6.45) is 3.88. The molecule has 0 aromatic heterocycles. The number of amides is 1. The lowest BCUT2D eigenvalue weighted by molar-refractivity contribution is -0.127. The van der Waals surface area contributed by atoms with Gasteiger partial charge in [-0.15, -0.1) is 0 Å². The van der Waals surface area contributed by atoms with Crippen molar-refractivity contribution in [2.75, 3.05) is 6.54 Å². The predicted molar refractivity (Wildman–Crippen MR) is 62.2 cm³/mol. The summed E-state index contributed by atoms with van der Waals surface area (Å²) < 4.78 is 5.72. The highest BCUT2D eigenvalue weighted by Crippen LogP contribution is 2.34. The maximum atomic E-state index is 12.1. The van der Waals surface area contributed by atoms with Crippen LogP contribution < -0.4 is 10.6 Å². The second-order valence-electron chi connectivity index (χ2n) is 5.34. The first kappa shape index (κ1) is 11.9. The molecular formula is C12H22N2O2. The molecule has 16 heavy (non-hydrogen) atoms. The molecule has 1 amide bonds. The zero-order chi connectivity index (χ0) is 11.8. The molecule has 92 valence electrons. The van der Waals surface area contributed by atoms with Crippen molar-refractivity contribution in [2.45, 2.75) is 63.8 Å². The van der Waals surface area contributed by atoms with Crippen LogP contribution in [0.4, 0.5) is 0 Å². The molecule has 2 saturated heterocycles. The van der Waals surface area contributed by atoms with Crippen molar-refractivity contribution in [3.63, 3.8) is 0 Å². The molecule has 0 aromatic carbocycles. The van der Waals surface area contributed by atoms with Gasteiger partial charge in [0, 0.05) is 0 Å². The number of likely N-dealkylation sites (N-methyl/N-ethyl adjacent to an activating group) is 1. The third kappa shape index (κ3) is 2.23. The Hall–Kier alpha value is -0.610. The van der Waals surface area contributed by atoms with Crippen LogP contribution in [-0.4, -0.2) is 36.2 Å². The van der Waals surface area contributed by atoms with Crippen LogP contribution in [0.25, 0.3) is 0 Å². The van der Waals surface area contributed by atoms with Crippen LogP contribution in [0.1, 0.15) is 40.0 Å². The largest absolute Gasteiger partial charge is 0.373 e. The van der Waals surface area contributed by atoms with E-state index in [0.717, 1.165) is 25.8 Å². The topological polar surface area (TPSA) is 50.4 Å². The number of ether oxygens (including phenoxy) is 1. The van der Waals surface area contributed by atoms with Gasteiger partial charge in [-0.25, -0.2) is 0 Å². The fourth-order valence-corrected chi connectivity index (χ4v) is 2.66. The van der Waals surface area contributed by atoms with E-state index in [2.05, 4.69) is 10.6 Å². The highest BCUT2D eigenvalue weighted by molar-refractivity contribution is 5.85. The predicted octanol–water partition coefficient (Wildman–Crippen LogP) is 0.811. The molecular weight excluding hydrogens is 204 g/mol. The Bertz CT molecular complexity index is 278. The Balaban J connectivity index is 1.88. The molecule has 0 spiro atoms. The first-order valence-corrected chi connectivity index (χ1v) is 6.24. The third-order valence-corrected chi connectivity index (χ3v) is 3.61. The van der Waals surface area contributed by atoms with Crippen molar-refractivity contribution in [1.82, 2.24) is 10.6 Å². The fourth-order valence-electron chi connectivity index (χ4n) is 2.66. The number of fused-ring (bicyclic) bond motifs is 2. The van der Waals surface area contributed by atoms with Crippen molar-refractivity contribution in [1.29, 1.82) is 0 Å².